The number of nitro groups is 1. The lowest BCUT2D eigenvalue weighted by atomic mass is 10.2. The van der Waals surface area contributed by atoms with E-state index in [2.05, 4.69) is 9.72 Å². The van der Waals surface area contributed by atoms with Gasteiger partial charge in [-0.15, -0.1) is 0 Å². The number of carbonyl (C=O) groups is 1. The monoisotopic (exact) mass is 330 g/mol. The number of ether oxygens (including phenoxy) is 3. The SMILES string of the molecule is COC(=O)/C=C/c1ccc(Oc2ccc([N+](=O)[O-])cn2)c(OC)c1. The summed E-state index contributed by atoms with van der Waals surface area (Å²) in [5, 5.41) is 10.6. The number of pyridine rings is 1. The van der Waals surface area contributed by atoms with Crippen LogP contribution in [0.4, 0.5) is 5.69 Å². The number of carbonyl (C=O) groups excluding carboxylic acids is 1. The lowest BCUT2D eigenvalue weighted by molar-refractivity contribution is -0.385. The van der Waals surface area contributed by atoms with Crippen LogP contribution in [0.15, 0.2) is 42.6 Å². The molecule has 0 spiro atoms. The van der Waals surface area contributed by atoms with Gasteiger partial charge in [-0.05, 0) is 23.8 Å². The second-order valence-electron chi connectivity index (χ2n) is 4.48. The van der Waals surface area contributed by atoms with E-state index in [0.29, 0.717) is 17.1 Å². The summed E-state index contributed by atoms with van der Waals surface area (Å²) in [6.45, 7) is 0. The number of hydrogen-bond donors (Lipinski definition) is 0. The van der Waals surface area contributed by atoms with Crippen LogP contribution in [0.3, 0.4) is 0 Å². The molecule has 2 rings (SSSR count). The molecule has 2 aromatic rings. The second kappa shape index (κ2) is 7.73. The van der Waals surface area contributed by atoms with E-state index in [1.807, 2.05) is 0 Å². The molecule has 8 heteroatoms. The quantitative estimate of drug-likeness (QED) is 0.347. The van der Waals surface area contributed by atoms with E-state index in [4.69, 9.17) is 9.47 Å². The van der Waals surface area contributed by atoms with Crippen molar-refractivity contribution in [1.82, 2.24) is 4.98 Å². The van der Waals surface area contributed by atoms with Crippen LogP contribution in [0.25, 0.3) is 6.08 Å². The number of hydrogen-bond acceptors (Lipinski definition) is 7. The maximum atomic E-state index is 11.1. The highest BCUT2D eigenvalue weighted by Gasteiger charge is 2.10. The standard InChI is InChI=1S/C16H14N2O6/c1-22-14-9-11(4-8-16(19)23-2)3-6-13(14)24-15-7-5-12(10-17-15)18(20)21/h3-10H,1-2H3/b8-4+. The maximum absolute atomic E-state index is 11.1. The normalized spacial score (nSPS) is 10.4. The van der Waals surface area contributed by atoms with E-state index < -0.39 is 10.9 Å². The Morgan fingerprint density at radius 1 is 1.21 bits per heavy atom. The third kappa shape index (κ3) is 4.29. The summed E-state index contributed by atoms with van der Waals surface area (Å²) in [5.74, 6) is 0.525. The molecular weight excluding hydrogens is 316 g/mol. The highest BCUT2D eigenvalue weighted by Crippen LogP contribution is 2.32. The molecule has 0 bridgehead atoms. The summed E-state index contributed by atoms with van der Waals surface area (Å²) < 4.78 is 15.3. The van der Waals surface area contributed by atoms with Gasteiger partial charge < -0.3 is 14.2 Å². The van der Waals surface area contributed by atoms with Crippen LogP contribution in [0.1, 0.15) is 5.56 Å². The van der Waals surface area contributed by atoms with Crippen LogP contribution >= 0.6 is 0 Å². The molecule has 0 fully saturated rings. The van der Waals surface area contributed by atoms with E-state index >= 15 is 0 Å². The first-order valence-corrected chi connectivity index (χ1v) is 6.76. The second-order valence-corrected chi connectivity index (χ2v) is 4.48. The van der Waals surface area contributed by atoms with Gasteiger partial charge in [0.25, 0.3) is 5.69 Å². The number of aromatic nitrogens is 1. The van der Waals surface area contributed by atoms with E-state index in [1.165, 1.54) is 32.4 Å². The predicted octanol–water partition coefficient (Wildman–Crippen LogP) is 2.98. The maximum Gasteiger partial charge on any atom is 0.330 e. The number of esters is 1. The van der Waals surface area contributed by atoms with Crippen molar-refractivity contribution < 1.29 is 23.9 Å². The summed E-state index contributed by atoms with van der Waals surface area (Å²) in [4.78, 5) is 25.0. The Labute approximate surface area is 137 Å². The minimum absolute atomic E-state index is 0.127. The van der Waals surface area contributed by atoms with Crippen molar-refractivity contribution in [2.75, 3.05) is 14.2 Å². The summed E-state index contributed by atoms with van der Waals surface area (Å²) >= 11 is 0. The number of benzene rings is 1. The van der Waals surface area contributed by atoms with Gasteiger partial charge in [0.2, 0.25) is 5.88 Å². The Hall–Kier alpha value is -3.42. The van der Waals surface area contributed by atoms with E-state index in [0.717, 1.165) is 6.20 Å². The van der Waals surface area contributed by atoms with Gasteiger partial charge >= 0.3 is 5.97 Å². The molecule has 0 N–H and O–H groups in total. The van der Waals surface area contributed by atoms with Crippen LogP contribution < -0.4 is 9.47 Å². The third-order valence-electron chi connectivity index (χ3n) is 2.95. The van der Waals surface area contributed by atoms with Crippen LogP contribution in [0, 0.1) is 10.1 Å². The topological polar surface area (TPSA) is 101 Å². The molecule has 24 heavy (non-hydrogen) atoms. The minimum Gasteiger partial charge on any atom is -0.493 e. The third-order valence-corrected chi connectivity index (χ3v) is 2.95. The molecule has 0 radical (unpaired) electrons. The van der Waals surface area contributed by atoms with E-state index in [-0.39, 0.29) is 11.6 Å². The average molecular weight is 330 g/mol. The van der Waals surface area contributed by atoms with Crippen LogP contribution in [0.2, 0.25) is 0 Å². The smallest absolute Gasteiger partial charge is 0.330 e. The summed E-state index contributed by atoms with van der Waals surface area (Å²) in [6, 6.07) is 7.70. The molecule has 8 nitrogen and oxygen atoms in total. The molecule has 1 aromatic carbocycles. The van der Waals surface area contributed by atoms with Gasteiger partial charge in [-0.1, -0.05) is 6.07 Å². The fourth-order valence-corrected chi connectivity index (χ4v) is 1.76. The summed E-state index contributed by atoms with van der Waals surface area (Å²) in [5.41, 5.74) is 0.582. The van der Waals surface area contributed by atoms with Crippen LogP contribution in [-0.4, -0.2) is 30.1 Å². The van der Waals surface area contributed by atoms with Gasteiger partial charge in [0.15, 0.2) is 11.5 Å². The van der Waals surface area contributed by atoms with Crippen molar-refractivity contribution in [3.8, 4) is 17.4 Å². The van der Waals surface area contributed by atoms with Gasteiger partial charge in [-0.25, -0.2) is 9.78 Å². The first-order valence-electron chi connectivity index (χ1n) is 6.76. The molecule has 124 valence electrons. The molecule has 0 aliphatic rings. The Kier molecular flexibility index (Phi) is 5.45. The van der Waals surface area contributed by atoms with Crippen molar-refractivity contribution in [2.45, 2.75) is 0 Å². The lowest BCUT2D eigenvalue weighted by Crippen LogP contribution is -1.95. The number of rotatable bonds is 6. The molecule has 1 heterocycles. The molecule has 0 atom stereocenters. The zero-order valence-electron chi connectivity index (χ0n) is 13.0. The van der Waals surface area contributed by atoms with Crippen molar-refractivity contribution in [1.29, 1.82) is 0 Å². The van der Waals surface area contributed by atoms with E-state index in [1.54, 1.807) is 24.3 Å². The molecule has 1 aromatic heterocycles. The highest BCUT2D eigenvalue weighted by molar-refractivity contribution is 5.87. The Bertz CT molecular complexity index is 771. The van der Waals surface area contributed by atoms with E-state index in [9.17, 15) is 14.9 Å². The fourth-order valence-electron chi connectivity index (χ4n) is 1.76. The zero-order valence-corrected chi connectivity index (χ0v) is 13.0. The van der Waals surface area contributed by atoms with Crippen LogP contribution in [0.5, 0.6) is 17.4 Å². The van der Waals surface area contributed by atoms with Gasteiger partial charge in [0.05, 0.1) is 19.1 Å². The first kappa shape index (κ1) is 16.9. The molecule has 0 aliphatic heterocycles. The Balaban J connectivity index is 2.19. The zero-order chi connectivity index (χ0) is 17.5. The van der Waals surface area contributed by atoms with Gasteiger partial charge in [0, 0.05) is 18.2 Å². The fraction of sp³-hybridized carbons (Fsp3) is 0.125. The predicted molar refractivity (Wildman–Crippen MR) is 85.0 cm³/mol. The van der Waals surface area contributed by atoms with Gasteiger partial charge in [0.1, 0.15) is 6.20 Å². The molecule has 0 saturated carbocycles. The van der Waals surface area contributed by atoms with Crippen LogP contribution in [-0.2, 0) is 9.53 Å². The van der Waals surface area contributed by atoms with Gasteiger partial charge in [-0.2, -0.15) is 0 Å². The summed E-state index contributed by atoms with van der Waals surface area (Å²) in [6.07, 6.45) is 3.96. The number of methoxy groups -OCH3 is 2. The lowest BCUT2D eigenvalue weighted by Gasteiger charge is -2.10. The molecular formula is C16H14N2O6. The average Bonchev–Trinajstić information content (AvgIpc) is 2.60. The van der Waals surface area contributed by atoms with Crippen molar-refractivity contribution in [3.63, 3.8) is 0 Å². The minimum atomic E-state index is -0.542. The van der Waals surface area contributed by atoms with Crippen molar-refractivity contribution in [3.05, 3.63) is 58.3 Å². The van der Waals surface area contributed by atoms with Gasteiger partial charge in [-0.3, -0.25) is 10.1 Å². The largest absolute Gasteiger partial charge is 0.493 e. The molecule has 0 aliphatic carbocycles. The van der Waals surface area contributed by atoms with Crippen molar-refractivity contribution >= 4 is 17.7 Å². The molecule has 0 unspecified atom stereocenters. The first-order chi connectivity index (χ1) is 11.5. The summed E-state index contributed by atoms with van der Waals surface area (Å²) in [7, 11) is 2.76. The molecule has 0 saturated heterocycles. The Morgan fingerprint density at radius 2 is 2.00 bits per heavy atom. The highest BCUT2D eigenvalue weighted by atomic mass is 16.6. The number of nitrogens with zero attached hydrogens (tertiary/aromatic N) is 2. The van der Waals surface area contributed by atoms with Crippen molar-refractivity contribution in [2.24, 2.45) is 0 Å². The molecule has 0 amide bonds. The Morgan fingerprint density at radius 3 is 2.58 bits per heavy atom.